The van der Waals surface area contributed by atoms with E-state index in [9.17, 15) is 4.79 Å². The van der Waals surface area contributed by atoms with Gasteiger partial charge in [0.2, 0.25) is 0 Å². The van der Waals surface area contributed by atoms with Crippen molar-refractivity contribution < 1.29 is 9.53 Å². The van der Waals surface area contributed by atoms with E-state index in [0.29, 0.717) is 11.5 Å². The molecule has 1 heterocycles. The summed E-state index contributed by atoms with van der Waals surface area (Å²) >= 11 is 0. The Hall–Kier alpha value is -2.76. The van der Waals surface area contributed by atoms with Gasteiger partial charge in [-0.1, -0.05) is 19.3 Å². The van der Waals surface area contributed by atoms with Crippen molar-refractivity contribution in [3.05, 3.63) is 42.6 Å². The van der Waals surface area contributed by atoms with E-state index in [2.05, 4.69) is 20.9 Å². The number of ether oxygens (including phenoxy) is 1. The molecule has 0 saturated heterocycles. The van der Waals surface area contributed by atoms with E-state index < -0.39 is 0 Å². The normalized spacial score (nSPS) is 14.6. The summed E-state index contributed by atoms with van der Waals surface area (Å²) < 4.78 is 5.64. The molecule has 1 aliphatic rings. The summed E-state index contributed by atoms with van der Waals surface area (Å²) in [6.45, 7) is 4.00. The third kappa shape index (κ3) is 6.16. The number of urea groups is 1. The number of rotatable bonds is 6. The van der Waals surface area contributed by atoms with Gasteiger partial charge in [-0.2, -0.15) is 0 Å². The van der Waals surface area contributed by atoms with Crippen LogP contribution in [0.2, 0.25) is 0 Å². The molecule has 6 nitrogen and oxygen atoms in total. The summed E-state index contributed by atoms with van der Waals surface area (Å²) in [7, 11) is 0. The van der Waals surface area contributed by atoms with Gasteiger partial charge in [0, 0.05) is 11.7 Å². The highest BCUT2D eigenvalue weighted by Gasteiger charge is 2.15. The zero-order chi connectivity index (χ0) is 19.1. The summed E-state index contributed by atoms with van der Waals surface area (Å²) in [4.78, 5) is 16.4. The summed E-state index contributed by atoms with van der Waals surface area (Å²) in [5.74, 6) is 1.55. The summed E-state index contributed by atoms with van der Waals surface area (Å²) in [5.41, 5.74) is 1.60. The van der Waals surface area contributed by atoms with Gasteiger partial charge in [-0.3, -0.25) is 0 Å². The van der Waals surface area contributed by atoms with E-state index in [1.807, 2.05) is 50.2 Å². The maximum atomic E-state index is 12.1. The topological polar surface area (TPSA) is 75.3 Å². The molecule has 27 heavy (non-hydrogen) atoms. The fraction of sp³-hybridized carbons (Fsp3) is 0.429. The second kappa shape index (κ2) is 9.26. The van der Waals surface area contributed by atoms with E-state index in [1.165, 1.54) is 19.3 Å². The predicted octanol–water partition coefficient (Wildman–Crippen LogP) is 5.07. The lowest BCUT2D eigenvalue weighted by Crippen LogP contribution is -2.39. The van der Waals surface area contributed by atoms with Crippen molar-refractivity contribution in [3.8, 4) is 5.75 Å². The third-order valence-corrected chi connectivity index (χ3v) is 4.46. The molecular weight excluding hydrogens is 340 g/mol. The van der Waals surface area contributed by atoms with Crippen molar-refractivity contribution in [2.45, 2.75) is 58.1 Å². The van der Waals surface area contributed by atoms with Crippen molar-refractivity contribution >= 4 is 23.2 Å². The number of nitrogens with zero attached hydrogens (tertiary/aromatic N) is 1. The Morgan fingerprint density at radius 2 is 1.74 bits per heavy atom. The van der Waals surface area contributed by atoms with Crippen molar-refractivity contribution in [2.24, 2.45) is 0 Å². The fourth-order valence-electron chi connectivity index (χ4n) is 3.18. The average Bonchev–Trinajstić information content (AvgIpc) is 2.65. The van der Waals surface area contributed by atoms with E-state index in [4.69, 9.17) is 4.74 Å². The highest BCUT2D eigenvalue weighted by molar-refractivity contribution is 5.89. The minimum atomic E-state index is -0.162. The number of anilines is 3. The van der Waals surface area contributed by atoms with Gasteiger partial charge >= 0.3 is 6.03 Å². The number of hydrogen-bond donors (Lipinski definition) is 3. The van der Waals surface area contributed by atoms with Gasteiger partial charge in [-0.15, -0.1) is 0 Å². The molecule has 1 aromatic carbocycles. The average molecular weight is 368 g/mol. The molecule has 1 saturated carbocycles. The first-order valence-electron chi connectivity index (χ1n) is 9.66. The number of benzene rings is 1. The Bertz CT molecular complexity index is 723. The van der Waals surface area contributed by atoms with Crippen LogP contribution in [-0.4, -0.2) is 23.2 Å². The lowest BCUT2D eigenvalue weighted by atomic mass is 9.96. The molecule has 0 spiro atoms. The second-order valence-corrected chi connectivity index (χ2v) is 7.18. The molecule has 1 aromatic heterocycles. The van der Waals surface area contributed by atoms with Crippen molar-refractivity contribution in [1.29, 1.82) is 0 Å². The molecule has 1 fully saturated rings. The van der Waals surface area contributed by atoms with Crippen LogP contribution in [0, 0.1) is 0 Å². The fourth-order valence-corrected chi connectivity index (χ4v) is 3.18. The number of amides is 2. The lowest BCUT2D eigenvalue weighted by molar-refractivity contribution is 0.242. The smallest absolute Gasteiger partial charge is 0.319 e. The summed E-state index contributed by atoms with van der Waals surface area (Å²) in [6, 6.07) is 11.6. The molecule has 3 N–H and O–H groups in total. The molecular formula is C21H28N4O2. The number of aromatic nitrogens is 1. The van der Waals surface area contributed by atoms with Crippen LogP contribution in [0.1, 0.15) is 46.0 Å². The van der Waals surface area contributed by atoms with E-state index in [1.54, 1.807) is 6.20 Å². The summed E-state index contributed by atoms with van der Waals surface area (Å²) in [5, 5.41) is 9.12. The van der Waals surface area contributed by atoms with Crippen LogP contribution < -0.4 is 20.7 Å². The van der Waals surface area contributed by atoms with Crippen molar-refractivity contribution in [2.75, 3.05) is 10.6 Å². The van der Waals surface area contributed by atoms with Gasteiger partial charge in [0.15, 0.2) is 0 Å². The molecule has 0 aliphatic heterocycles. The minimum Gasteiger partial charge on any atom is -0.491 e. The Morgan fingerprint density at radius 3 is 2.37 bits per heavy atom. The zero-order valence-electron chi connectivity index (χ0n) is 16.0. The monoisotopic (exact) mass is 368 g/mol. The maximum Gasteiger partial charge on any atom is 0.319 e. The van der Waals surface area contributed by atoms with Gasteiger partial charge in [0.05, 0.1) is 18.0 Å². The summed E-state index contributed by atoms with van der Waals surface area (Å²) in [6.07, 6.45) is 7.59. The SMILES string of the molecule is CC(C)Oc1ccc(Nc2ccc(NC(=O)NC3CCCCC3)cn2)cc1. The van der Waals surface area contributed by atoms with Crippen LogP contribution in [-0.2, 0) is 0 Å². The first kappa shape index (κ1) is 19.0. The second-order valence-electron chi connectivity index (χ2n) is 7.18. The Balaban J connectivity index is 1.50. The van der Waals surface area contributed by atoms with E-state index in [0.717, 1.165) is 24.3 Å². The molecule has 144 valence electrons. The van der Waals surface area contributed by atoms with Crippen molar-refractivity contribution in [3.63, 3.8) is 0 Å². The van der Waals surface area contributed by atoms with Crippen LogP contribution in [0.5, 0.6) is 5.75 Å². The first-order valence-corrected chi connectivity index (χ1v) is 9.66. The molecule has 6 heteroatoms. The van der Waals surface area contributed by atoms with E-state index >= 15 is 0 Å². The standard InChI is InChI=1S/C21H28N4O2/c1-15(2)27-19-11-8-17(9-12-19)23-20-13-10-18(14-22-20)25-21(26)24-16-6-4-3-5-7-16/h8-16H,3-7H2,1-2H3,(H,22,23)(H2,24,25,26). The molecule has 0 unspecified atom stereocenters. The Kier molecular flexibility index (Phi) is 6.52. The molecule has 1 aliphatic carbocycles. The molecule has 0 radical (unpaired) electrons. The number of nitrogens with one attached hydrogen (secondary N) is 3. The number of carbonyl (C=O) groups excluding carboxylic acids is 1. The number of pyridine rings is 1. The zero-order valence-corrected chi connectivity index (χ0v) is 16.0. The molecule has 2 amide bonds. The van der Waals surface area contributed by atoms with Crippen LogP contribution in [0.15, 0.2) is 42.6 Å². The van der Waals surface area contributed by atoms with Gasteiger partial charge in [-0.05, 0) is 63.1 Å². The Morgan fingerprint density at radius 1 is 1.04 bits per heavy atom. The largest absolute Gasteiger partial charge is 0.491 e. The highest BCUT2D eigenvalue weighted by Crippen LogP contribution is 2.21. The van der Waals surface area contributed by atoms with Gasteiger partial charge in [-0.25, -0.2) is 9.78 Å². The van der Waals surface area contributed by atoms with Gasteiger partial charge < -0.3 is 20.7 Å². The molecule has 0 atom stereocenters. The third-order valence-electron chi connectivity index (χ3n) is 4.46. The number of hydrogen-bond acceptors (Lipinski definition) is 4. The van der Waals surface area contributed by atoms with Gasteiger partial charge in [0.25, 0.3) is 0 Å². The highest BCUT2D eigenvalue weighted by atomic mass is 16.5. The quantitative estimate of drug-likeness (QED) is 0.666. The van der Waals surface area contributed by atoms with Crippen LogP contribution in [0.3, 0.4) is 0 Å². The number of carbonyl (C=O) groups is 1. The van der Waals surface area contributed by atoms with Crippen LogP contribution in [0.25, 0.3) is 0 Å². The van der Waals surface area contributed by atoms with E-state index in [-0.39, 0.29) is 18.2 Å². The van der Waals surface area contributed by atoms with Gasteiger partial charge in [0.1, 0.15) is 11.6 Å². The lowest BCUT2D eigenvalue weighted by Gasteiger charge is -2.22. The molecule has 2 aromatic rings. The molecule has 0 bridgehead atoms. The van der Waals surface area contributed by atoms with Crippen LogP contribution >= 0.6 is 0 Å². The Labute approximate surface area is 160 Å². The van der Waals surface area contributed by atoms with Crippen molar-refractivity contribution in [1.82, 2.24) is 10.3 Å². The van der Waals surface area contributed by atoms with Crippen LogP contribution in [0.4, 0.5) is 22.0 Å². The minimum absolute atomic E-state index is 0.154. The predicted molar refractivity (Wildman–Crippen MR) is 109 cm³/mol. The molecule has 3 rings (SSSR count). The maximum absolute atomic E-state index is 12.1. The first-order chi connectivity index (χ1) is 13.1.